The Labute approximate surface area is 188 Å². The summed E-state index contributed by atoms with van der Waals surface area (Å²) in [6.07, 6.45) is 6.28. The molecule has 0 atom stereocenters. The van der Waals surface area contributed by atoms with Crippen LogP contribution >= 0.6 is 0 Å². The minimum atomic E-state index is -0.230. The predicted octanol–water partition coefficient (Wildman–Crippen LogP) is 4.52. The van der Waals surface area contributed by atoms with Gasteiger partial charge in [0.25, 0.3) is 11.8 Å². The largest absolute Gasteiger partial charge is 0.338 e. The van der Waals surface area contributed by atoms with Crippen LogP contribution in [0, 0.1) is 0 Å². The van der Waals surface area contributed by atoms with E-state index < -0.39 is 0 Å². The maximum Gasteiger partial charge on any atom is 0.257 e. The van der Waals surface area contributed by atoms with E-state index >= 15 is 0 Å². The standard InChI is InChI=1S/C25H18N6O2/c32-24(17-3-1-11-26-14-17)28-19-7-5-16(6-8-19)23-30-21-10-9-20(13-22(21)31-23)29-25(33)18-4-2-12-27-15-18/h1-15H,(H,28,32)(H,29,33)(H,30,31). The van der Waals surface area contributed by atoms with E-state index in [0.717, 1.165) is 16.6 Å². The van der Waals surface area contributed by atoms with Gasteiger partial charge in [0.2, 0.25) is 0 Å². The maximum absolute atomic E-state index is 12.4. The highest BCUT2D eigenvalue weighted by Gasteiger charge is 2.10. The van der Waals surface area contributed by atoms with E-state index in [4.69, 9.17) is 0 Å². The Kier molecular flexibility index (Phi) is 5.30. The van der Waals surface area contributed by atoms with E-state index in [1.165, 1.54) is 12.4 Å². The van der Waals surface area contributed by atoms with Crippen molar-refractivity contribution in [1.29, 1.82) is 0 Å². The number of hydrogen-bond acceptors (Lipinski definition) is 5. The molecular formula is C25H18N6O2. The number of pyridine rings is 2. The van der Waals surface area contributed by atoms with Crippen molar-refractivity contribution < 1.29 is 9.59 Å². The number of anilines is 2. The van der Waals surface area contributed by atoms with Gasteiger partial charge in [0.1, 0.15) is 5.82 Å². The summed E-state index contributed by atoms with van der Waals surface area (Å²) >= 11 is 0. The molecule has 0 spiro atoms. The smallest absolute Gasteiger partial charge is 0.257 e. The maximum atomic E-state index is 12.4. The summed E-state index contributed by atoms with van der Waals surface area (Å²) in [7, 11) is 0. The number of benzene rings is 2. The first-order chi connectivity index (χ1) is 16.2. The summed E-state index contributed by atoms with van der Waals surface area (Å²) < 4.78 is 0. The van der Waals surface area contributed by atoms with Crippen LogP contribution in [0.4, 0.5) is 11.4 Å². The molecule has 8 heteroatoms. The number of carbonyl (C=O) groups excluding carboxylic acids is 2. The molecule has 5 rings (SSSR count). The summed E-state index contributed by atoms with van der Waals surface area (Å²) in [6, 6.07) is 19.7. The third-order valence-corrected chi connectivity index (χ3v) is 5.00. The molecule has 3 N–H and O–H groups in total. The molecule has 0 aliphatic rings. The first-order valence-corrected chi connectivity index (χ1v) is 10.2. The third-order valence-electron chi connectivity index (χ3n) is 5.00. The van der Waals surface area contributed by atoms with Gasteiger partial charge in [-0.15, -0.1) is 0 Å². The van der Waals surface area contributed by atoms with Crippen LogP contribution in [0.1, 0.15) is 20.7 Å². The van der Waals surface area contributed by atoms with Gasteiger partial charge in [0.15, 0.2) is 0 Å². The van der Waals surface area contributed by atoms with Gasteiger partial charge >= 0.3 is 0 Å². The first kappa shape index (κ1) is 20.1. The highest BCUT2D eigenvalue weighted by Crippen LogP contribution is 2.24. The van der Waals surface area contributed by atoms with Gasteiger partial charge < -0.3 is 15.6 Å². The molecule has 160 valence electrons. The van der Waals surface area contributed by atoms with Crippen molar-refractivity contribution in [1.82, 2.24) is 19.9 Å². The zero-order valence-electron chi connectivity index (χ0n) is 17.3. The summed E-state index contributed by atoms with van der Waals surface area (Å²) in [6.45, 7) is 0. The van der Waals surface area contributed by atoms with Crippen LogP contribution in [0.25, 0.3) is 22.4 Å². The Bertz CT molecular complexity index is 1430. The molecule has 0 unspecified atom stereocenters. The van der Waals surface area contributed by atoms with Crippen molar-refractivity contribution in [3.8, 4) is 11.4 Å². The number of amides is 2. The normalized spacial score (nSPS) is 10.7. The Hall–Kier alpha value is -4.85. The molecule has 2 amide bonds. The Balaban J connectivity index is 1.31. The van der Waals surface area contributed by atoms with Crippen LogP contribution in [0.3, 0.4) is 0 Å². The molecule has 33 heavy (non-hydrogen) atoms. The monoisotopic (exact) mass is 434 g/mol. The number of nitrogens with zero attached hydrogens (tertiary/aromatic N) is 3. The molecule has 2 aromatic carbocycles. The molecular weight excluding hydrogens is 416 g/mol. The number of hydrogen-bond donors (Lipinski definition) is 3. The number of fused-ring (bicyclic) bond motifs is 1. The molecule has 0 fully saturated rings. The fourth-order valence-corrected chi connectivity index (χ4v) is 3.34. The Morgan fingerprint density at radius 3 is 1.94 bits per heavy atom. The van der Waals surface area contributed by atoms with Gasteiger partial charge in [0.05, 0.1) is 22.2 Å². The number of imidazole rings is 1. The van der Waals surface area contributed by atoms with Gasteiger partial charge in [-0.3, -0.25) is 19.6 Å². The van der Waals surface area contributed by atoms with E-state index in [1.54, 1.807) is 42.7 Å². The number of H-pyrrole nitrogens is 1. The second-order valence-electron chi connectivity index (χ2n) is 7.29. The predicted molar refractivity (Wildman–Crippen MR) is 126 cm³/mol. The number of aromatic amines is 1. The SMILES string of the molecule is O=C(Nc1ccc(-c2nc3ccc(NC(=O)c4cccnc4)cc3[nH]2)cc1)c1cccnc1. The van der Waals surface area contributed by atoms with Crippen molar-refractivity contribution >= 4 is 34.2 Å². The van der Waals surface area contributed by atoms with Gasteiger partial charge in [-0.2, -0.15) is 0 Å². The third kappa shape index (κ3) is 4.45. The van der Waals surface area contributed by atoms with Crippen LogP contribution in [0.5, 0.6) is 0 Å². The van der Waals surface area contributed by atoms with E-state index in [9.17, 15) is 9.59 Å². The lowest BCUT2D eigenvalue weighted by molar-refractivity contribution is 0.101. The van der Waals surface area contributed by atoms with E-state index in [1.807, 2.05) is 36.4 Å². The number of rotatable bonds is 5. The highest BCUT2D eigenvalue weighted by atomic mass is 16.2. The fraction of sp³-hybridized carbons (Fsp3) is 0. The second kappa shape index (κ2) is 8.72. The van der Waals surface area contributed by atoms with Crippen LogP contribution in [-0.2, 0) is 0 Å². The molecule has 0 radical (unpaired) electrons. The van der Waals surface area contributed by atoms with Crippen molar-refractivity contribution in [2.45, 2.75) is 0 Å². The molecule has 0 saturated carbocycles. The number of carbonyl (C=O) groups is 2. The zero-order chi connectivity index (χ0) is 22.6. The lowest BCUT2D eigenvalue weighted by Gasteiger charge is -2.05. The van der Waals surface area contributed by atoms with Crippen molar-refractivity contribution in [3.63, 3.8) is 0 Å². The van der Waals surface area contributed by atoms with E-state index in [0.29, 0.717) is 28.3 Å². The molecule has 8 nitrogen and oxygen atoms in total. The molecule has 0 bridgehead atoms. The summed E-state index contributed by atoms with van der Waals surface area (Å²) in [4.78, 5) is 40.5. The van der Waals surface area contributed by atoms with Crippen LogP contribution in [0.2, 0.25) is 0 Å². The summed E-state index contributed by atoms with van der Waals surface area (Å²) in [5.41, 5.74) is 4.74. The molecule has 3 heterocycles. The fourth-order valence-electron chi connectivity index (χ4n) is 3.34. The lowest BCUT2D eigenvalue weighted by atomic mass is 10.2. The molecule has 0 aliphatic carbocycles. The molecule has 3 aromatic heterocycles. The van der Waals surface area contributed by atoms with Gasteiger partial charge in [-0.25, -0.2) is 4.98 Å². The lowest BCUT2D eigenvalue weighted by Crippen LogP contribution is -2.11. The van der Waals surface area contributed by atoms with Crippen molar-refractivity contribution in [3.05, 3.63) is 103 Å². The summed E-state index contributed by atoms with van der Waals surface area (Å²) in [5.74, 6) is 0.234. The molecule has 0 aliphatic heterocycles. The average Bonchev–Trinajstić information content (AvgIpc) is 3.29. The van der Waals surface area contributed by atoms with Crippen LogP contribution in [-0.4, -0.2) is 31.8 Å². The zero-order valence-corrected chi connectivity index (χ0v) is 17.3. The quantitative estimate of drug-likeness (QED) is 0.376. The van der Waals surface area contributed by atoms with Crippen LogP contribution < -0.4 is 10.6 Å². The second-order valence-corrected chi connectivity index (χ2v) is 7.29. The Morgan fingerprint density at radius 2 is 1.33 bits per heavy atom. The summed E-state index contributed by atoms with van der Waals surface area (Å²) in [5, 5.41) is 5.72. The van der Waals surface area contributed by atoms with Gasteiger partial charge in [-0.05, 0) is 66.7 Å². The Morgan fingerprint density at radius 1 is 0.727 bits per heavy atom. The van der Waals surface area contributed by atoms with Crippen molar-refractivity contribution in [2.75, 3.05) is 10.6 Å². The number of aromatic nitrogens is 4. The van der Waals surface area contributed by atoms with E-state index in [2.05, 4.69) is 30.6 Å². The number of nitrogens with one attached hydrogen (secondary N) is 3. The van der Waals surface area contributed by atoms with E-state index in [-0.39, 0.29) is 11.8 Å². The minimum absolute atomic E-state index is 0.222. The average molecular weight is 434 g/mol. The molecule has 0 saturated heterocycles. The highest BCUT2D eigenvalue weighted by molar-refractivity contribution is 6.05. The topological polar surface area (TPSA) is 113 Å². The van der Waals surface area contributed by atoms with Crippen LogP contribution in [0.15, 0.2) is 91.5 Å². The first-order valence-electron chi connectivity index (χ1n) is 10.2. The minimum Gasteiger partial charge on any atom is -0.338 e. The molecule has 5 aromatic rings. The van der Waals surface area contributed by atoms with Gasteiger partial charge in [0, 0.05) is 41.7 Å². The van der Waals surface area contributed by atoms with Gasteiger partial charge in [-0.1, -0.05) is 0 Å². The van der Waals surface area contributed by atoms with Crippen molar-refractivity contribution in [2.24, 2.45) is 0 Å².